The largest absolute Gasteiger partial charge is 0.409 e. The molecule has 0 aliphatic heterocycles. The van der Waals surface area contributed by atoms with Crippen LogP contribution in [0.4, 0.5) is 5.69 Å². The summed E-state index contributed by atoms with van der Waals surface area (Å²) in [5.41, 5.74) is 5.79. The molecule has 0 atom stereocenters. The van der Waals surface area contributed by atoms with Crippen LogP contribution in [0.2, 0.25) is 5.02 Å². The summed E-state index contributed by atoms with van der Waals surface area (Å²) in [6.07, 6.45) is 2.70. The predicted octanol–water partition coefficient (Wildman–Crippen LogP) is 0.969. The Hall–Kier alpha value is -2.26. The second kappa shape index (κ2) is 5.62. The highest BCUT2D eigenvalue weighted by Gasteiger charge is 2.20. The molecule has 2 rings (SSSR count). The van der Waals surface area contributed by atoms with Crippen molar-refractivity contribution >= 4 is 33.1 Å². The van der Waals surface area contributed by atoms with Crippen LogP contribution in [0.15, 0.2) is 40.9 Å². The molecule has 1 aromatic heterocycles. The molecule has 0 radical (unpaired) electrons. The molecule has 1 aromatic carbocycles. The lowest BCUT2D eigenvalue weighted by atomic mass is 10.1. The average Bonchev–Trinajstić information content (AvgIpc) is 2.85. The Kier molecular flexibility index (Phi) is 4.05. The number of benzene rings is 1. The lowest BCUT2D eigenvalue weighted by Crippen LogP contribution is -2.19. The number of hydrogen-bond donors (Lipinski definition) is 3. The molecule has 21 heavy (non-hydrogen) atoms. The van der Waals surface area contributed by atoms with Crippen LogP contribution >= 0.6 is 11.6 Å². The van der Waals surface area contributed by atoms with Crippen molar-refractivity contribution in [3.63, 3.8) is 0 Å². The maximum Gasteiger partial charge on any atom is 0.280 e. The number of nitrogens with one attached hydrogen (secondary N) is 1. The summed E-state index contributed by atoms with van der Waals surface area (Å²) in [7, 11) is -2.26. The Labute approximate surface area is 125 Å². The summed E-state index contributed by atoms with van der Waals surface area (Å²) in [6, 6.07) is 4.29. The van der Waals surface area contributed by atoms with Crippen molar-refractivity contribution in [2.75, 3.05) is 4.72 Å². The van der Waals surface area contributed by atoms with E-state index in [4.69, 9.17) is 22.5 Å². The second-order valence-corrected chi connectivity index (χ2v) is 6.22. The highest BCUT2D eigenvalue weighted by Crippen LogP contribution is 2.23. The Morgan fingerprint density at radius 2 is 2.24 bits per heavy atom. The van der Waals surface area contributed by atoms with Gasteiger partial charge in [0.15, 0.2) is 10.9 Å². The molecule has 0 fully saturated rings. The monoisotopic (exact) mass is 329 g/mol. The zero-order chi connectivity index (χ0) is 15.6. The summed E-state index contributed by atoms with van der Waals surface area (Å²) in [4.78, 5) is 3.77. The van der Waals surface area contributed by atoms with Crippen LogP contribution in [0.1, 0.15) is 5.56 Å². The fourth-order valence-corrected chi connectivity index (χ4v) is 2.83. The maximum atomic E-state index is 12.2. The third kappa shape index (κ3) is 3.26. The van der Waals surface area contributed by atoms with Gasteiger partial charge in [-0.3, -0.25) is 4.72 Å². The molecule has 0 spiro atoms. The molecule has 0 saturated carbocycles. The van der Waals surface area contributed by atoms with Gasteiger partial charge in [-0.1, -0.05) is 16.8 Å². The van der Waals surface area contributed by atoms with E-state index in [9.17, 15) is 8.42 Å². The number of anilines is 1. The van der Waals surface area contributed by atoms with Gasteiger partial charge in [-0.15, -0.1) is 0 Å². The number of amidine groups is 1. The molecule has 1 heterocycles. The van der Waals surface area contributed by atoms with Crippen molar-refractivity contribution in [3.05, 3.63) is 41.3 Å². The minimum Gasteiger partial charge on any atom is -0.409 e. The van der Waals surface area contributed by atoms with Gasteiger partial charge in [0.1, 0.15) is 0 Å². The molecule has 112 valence electrons. The van der Waals surface area contributed by atoms with E-state index >= 15 is 0 Å². The van der Waals surface area contributed by atoms with Gasteiger partial charge in [0.25, 0.3) is 10.0 Å². The van der Waals surface area contributed by atoms with Crippen LogP contribution in [-0.2, 0) is 17.1 Å². The van der Waals surface area contributed by atoms with Crippen molar-refractivity contribution in [2.45, 2.75) is 5.03 Å². The van der Waals surface area contributed by atoms with Gasteiger partial charge in [0, 0.05) is 23.8 Å². The second-order valence-electron chi connectivity index (χ2n) is 4.16. The lowest BCUT2D eigenvalue weighted by molar-refractivity contribution is 0.318. The molecule has 8 nitrogen and oxygen atoms in total. The molecule has 10 heteroatoms. The van der Waals surface area contributed by atoms with E-state index in [1.807, 2.05) is 0 Å². The van der Waals surface area contributed by atoms with Crippen LogP contribution in [-0.4, -0.2) is 29.0 Å². The molecule has 4 N–H and O–H groups in total. The van der Waals surface area contributed by atoms with Crippen LogP contribution in [0.5, 0.6) is 0 Å². The van der Waals surface area contributed by atoms with Gasteiger partial charge in [0.05, 0.1) is 12.0 Å². The first kappa shape index (κ1) is 15.1. The van der Waals surface area contributed by atoms with E-state index in [0.29, 0.717) is 5.02 Å². The zero-order valence-corrected chi connectivity index (χ0v) is 12.4. The number of nitrogens with two attached hydrogens (primary N) is 1. The maximum absolute atomic E-state index is 12.2. The fraction of sp³-hybridized carbons (Fsp3) is 0.0909. The summed E-state index contributed by atoms with van der Waals surface area (Å²) in [6.45, 7) is 0. The molecule has 0 aliphatic carbocycles. The molecule has 2 aromatic rings. The summed E-state index contributed by atoms with van der Waals surface area (Å²) < 4.78 is 28.2. The number of oxime groups is 1. The molecule has 0 unspecified atom stereocenters. The molecule has 0 bridgehead atoms. The lowest BCUT2D eigenvalue weighted by Gasteiger charge is -2.11. The molecule has 0 saturated heterocycles. The van der Waals surface area contributed by atoms with Crippen molar-refractivity contribution in [2.24, 2.45) is 17.9 Å². The summed E-state index contributed by atoms with van der Waals surface area (Å²) in [5, 5.41) is 11.7. The quantitative estimate of drug-likeness (QED) is 0.334. The van der Waals surface area contributed by atoms with Gasteiger partial charge < -0.3 is 15.5 Å². The minimum absolute atomic E-state index is 0.0865. The highest BCUT2D eigenvalue weighted by atomic mass is 35.5. The van der Waals surface area contributed by atoms with Crippen molar-refractivity contribution in [3.8, 4) is 0 Å². The standard InChI is InChI=1S/C11H12ClN5O3S/c1-17-5-10(14-6-17)21(19,20)16-9-4-7(12)2-3-8(9)11(13)15-18/h2-6,16,18H,1H3,(H2,13,15). The number of halogens is 1. The van der Waals surface area contributed by atoms with Crippen molar-refractivity contribution < 1.29 is 13.6 Å². The third-order valence-electron chi connectivity index (χ3n) is 2.57. The average molecular weight is 330 g/mol. The minimum atomic E-state index is -3.91. The Morgan fingerprint density at radius 3 is 2.81 bits per heavy atom. The number of aromatic nitrogens is 2. The van der Waals surface area contributed by atoms with Crippen LogP contribution in [0.3, 0.4) is 0 Å². The predicted molar refractivity (Wildman–Crippen MR) is 78.0 cm³/mol. The van der Waals surface area contributed by atoms with E-state index in [1.165, 1.54) is 35.3 Å². The van der Waals surface area contributed by atoms with Crippen LogP contribution in [0, 0.1) is 0 Å². The van der Waals surface area contributed by atoms with E-state index < -0.39 is 10.0 Å². The molecular formula is C11H12ClN5O3S. The first-order chi connectivity index (χ1) is 9.83. The van der Waals surface area contributed by atoms with Crippen molar-refractivity contribution in [1.29, 1.82) is 0 Å². The number of imidazole rings is 1. The Morgan fingerprint density at radius 1 is 1.52 bits per heavy atom. The zero-order valence-electron chi connectivity index (χ0n) is 10.9. The number of hydrogen-bond acceptors (Lipinski definition) is 5. The van der Waals surface area contributed by atoms with Gasteiger partial charge in [-0.25, -0.2) is 4.98 Å². The van der Waals surface area contributed by atoms with Crippen molar-refractivity contribution in [1.82, 2.24) is 9.55 Å². The first-order valence-corrected chi connectivity index (χ1v) is 7.48. The number of aryl methyl sites for hydroxylation is 1. The highest BCUT2D eigenvalue weighted by molar-refractivity contribution is 7.92. The SMILES string of the molecule is Cn1cnc(S(=O)(=O)Nc2cc(Cl)ccc2C(N)=NO)c1. The number of nitrogens with zero attached hydrogens (tertiary/aromatic N) is 3. The van der Waals surface area contributed by atoms with Gasteiger partial charge in [0.2, 0.25) is 0 Å². The van der Waals surface area contributed by atoms with E-state index in [1.54, 1.807) is 7.05 Å². The number of rotatable bonds is 4. The van der Waals surface area contributed by atoms with Crippen LogP contribution in [0.25, 0.3) is 0 Å². The smallest absolute Gasteiger partial charge is 0.280 e. The van der Waals surface area contributed by atoms with Gasteiger partial charge in [-0.05, 0) is 18.2 Å². The molecule has 0 aliphatic rings. The van der Waals surface area contributed by atoms with E-state index in [-0.39, 0.29) is 22.1 Å². The summed E-state index contributed by atoms with van der Waals surface area (Å²) in [5.74, 6) is -0.245. The van der Waals surface area contributed by atoms with Gasteiger partial charge >= 0.3 is 0 Å². The Bertz CT molecular complexity index is 800. The van der Waals surface area contributed by atoms with E-state index in [2.05, 4.69) is 14.9 Å². The topological polar surface area (TPSA) is 123 Å². The summed E-state index contributed by atoms with van der Waals surface area (Å²) >= 11 is 5.85. The Balaban J connectivity index is 2.46. The third-order valence-corrected chi connectivity index (χ3v) is 4.05. The normalized spacial score (nSPS) is 12.4. The first-order valence-electron chi connectivity index (χ1n) is 5.61. The van der Waals surface area contributed by atoms with Crippen LogP contribution < -0.4 is 10.5 Å². The molecular weight excluding hydrogens is 318 g/mol. The van der Waals surface area contributed by atoms with E-state index in [0.717, 1.165) is 0 Å². The number of sulfonamides is 1. The fourth-order valence-electron chi connectivity index (χ4n) is 1.60. The molecule has 0 amide bonds. The van der Waals surface area contributed by atoms with Gasteiger partial charge in [-0.2, -0.15) is 8.42 Å².